The van der Waals surface area contributed by atoms with Gasteiger partial charge >= 0.3 is 0 Å². The molecule has 1 fully saturated rings. The lowest BCUT2D eigenvalue weighted by molar-refractivity contribution is -0.125. The van der Waals surface area contributed by atoms with E-state index in [1.807, 2.05) is 38.1 Å². The van der Waals surface area contributed by atoms with E-state index in [0.717, 1.165) is 57.6 Å². The van der Waals surface area contributed by atoms with Gasteiger partial charge in [0.05, 0.1) is 28.6 Å². The number of piperidine rings is 1. The highest BCUT2D eigenvalue weighted by Crippen LogP contribution is 2.34. The molecule has 1 saturated heterocycles. The molecule has 4 aromatic rings. The van der Waals surface area contributed by atoms with Gasteiger partial charge < -0.3 is 15.0 Å². The van der Waals surface area contributed by atoms with E-state index < -0.39 is 0 Å². The quantitative estimate of drug-likeness (QED) is 0.398. The highest BCUT2D eigenvalue weighted by atomic mass is 32.1. The molecule has 7 nitrogen and oxygen atoms in total. The summed E-state index contributed by atoms with van der Waals surface area (Å²) in [5.74, 6) is 0.466. The summed E-state index contributed by atoms with van der Waals surface area (Å²) in [5, 5.41) is 8.58. The van der Waals surface area contributed by atoms with Crippen LogP contribution < -0.4 is 15.0 Å². The maximum atomic E-state index is 13.4. The molecule has 182 valence electrons. The van der Waals surface area contributed by atoms with E-state index in [1.54, 1.807) is 28.2 Å². The summed E-state index contributed by atoms with van der Waals surface area (Å²) in [4.78, 5) is 20.1. The second kappa shape index (κ2) is 10.0. The molecule has 1 atom stereocenters. The Bertz CT molecular complexity index is 1330. The van der Waals surface area contributed by atoms with Crippen LogP contribution in [0.2, 0.25) is 0 Å². The highest BCUT2D eigenvalue weighted by Gasteiger charge is 2.28. The summed E-state index contributed by atoms with van der Waals surface area (Å²) in [5.41, 5.74) is 3.38. The lowest BCUT2D eigenvalue weighted by atomic mass is 9.97. The van der Waals surface area contributed by atoms with Crippen LogP contribution in [0.15, 0.2) is 48.5 Å². The summed E-state index contributed by atoms with van der Waals surface area (Å²) < 4.78 is 21.8. The Morgan fingerprint density at radius 3 is 2.83 bits per heavy atom. The van der Waals surface area contributed by atoms with Crippen LogP contribution >= 0.6 is 11.3 Å². The molecule has 0 bridgehead atoms. The van der Waals surface area contributed by atoms with E-state index >= 15 is 0 Å². The third kappa shape index (κ3) is 4.86. The number of aromatic nitrogens is 3. The molecule has 5 rings (SSSR count). The van der Waals surface area contributed by atoms with Crippen LogP contribution in [-0.2, 0) is 11.3 Å². The molecule has 0 saturated carbocycles. The number of nitrogens with one attached hydrogen (secondary N) is 1. The van der Waals surface area contributed by atoms with Gasteiger partial charge in [0.1, 0.15) is 11.6 Å². The second-order valence-electron chi connectivity index (χ2n) is 8.67. The van der Waals surface area contributed by atoms with Crippen LogP contribution in [0.25, 0.3) is 16.0 Å². The van der Waals surface area contributed by atoms with Gasteiger partial charge in [-0.3, -0.25) is 4.79 Å². The Morgan fingerprint density at radius 1 is 1.23 bits per heavy atom. The number of benzene rings is 2. The molecule has 0 unspecified atom stereocenters. The minimum atomic E-state index is -0.285. The zero-order valence-electron chi connectivity index (χ0n) is 19.8. The van der Waals surface area contributed by atoms with Crippen LogP contribution in [-0.4, -0.2) is 40.4 Å². The molecule has 0 spiro atoms. The average molecular weight is 494 g/mol. The molecule has 1 aliphatic rings. The lowest BCUT2D eigenvalue weighted by Crippen LogP contribution is -2.43. The molecular weight excluding hydrogens is 465 g/mol. The Kier molecular flexibility index (Phi) is 6.68. The Morgan fingerprint density at radius 2 is 2.03 bits per heavy atom. The Balaban J connectivity index is 1.30. The monoisotopic (exact) mass is 493 g/mol. The van der Waals surface area contributed by atoms with Crippen LogP contribution in [0.1, 0.15) is 31.0 Å². The van der Waals surface area contributed by atoms with Gasteiger partial charge in [0.2, 0.25) is 5.91 Å². The van der Waals surface area contributed by atoms with E-state index in [9.17, 15) is 9.18 Å². The number of amides is 1. The lowest BCUT2D eigenvalue weighted by Gasteiger charge is -2.31. The number of para-hydroxylation sites is 1. The molecule has 1 N–H and O–H groups in total. The number of anilines is 1. The van der Waals surface area contributed by atoms with Crippen molar-refractivity contribution in [2.75, 3.05) is 24.6 Å². The molecule has 2 aromatic heterocycles. The largest absolute Gasteiger partial charge is 0.494 e. The van der Waals surface area contributed by atoms with Gasteiger partial charge in [-0.1, -0.05) is 29.5 Å². The van der Waals surface area contributed by atoms with Crippen LogP contribution in [0.3, 0.4) is 0 Å². The summed E-state index contributed by atoms with van der Waals surface area (Å²) in [7, 11) is 0. The summed E-state index contributed by atoms with van der Waals surface area (Å²) in [6, 6.07) is 14.0. The predicted octanol–water partition coefficient (Wildman–Crippen LogP) is 4.86. The van der Waals surface area contributed by atoms with Crippen molar-refractivity contribution in [2.24, 2.45) is 5.92 Å². The number of carbonyl (C=O) groups excluding carboxylic acids is 1. The number of halogens is 1. The van der Waals surface area contributed by atoms with Crippen molar-refractivity contribution in [1.82, 2.24) is 20.1 Å². The van der Waals surface area contributed by atoms with Crippen molar-refractivity contribution < 1.29 is 13.9 Å². The van der Waals surface area contributed by atoms with E-state index in [2.05, 4.69) is 15.3 Å². The molecule has 2 aromatic carbocycles. The van der Waals surface area contributed by atoms with Gasteiger partial charge in [0.15, 0.2) is 10.8 Å². The maximum Gasteiger partial charge on any atom is 0.225 e. The predicted molar refractivity (Wildman–Crippen MR) is 136 cm³/mol. The minimum Gasteiger partial charge on any atom is -0.494 e. The summed E-state index contributed by atoms with van der Waals surface area (Å²) in [6.45, 7) is 6.42. The number of hydrogen-bond donors (Lipinski definition) is 1. The van der Waals surface area contributed by atoms with Crippen molar-refractivity contribution in [1.29, 1.82) is 0 Å². The smallest absolute Gasteiger partial charge is 0.225 e. The zero-order valence-corrected chi connectivity index (χ0v) is 20.6. The first-order valence-electron chi connectivity index (χ1n) is 11.9. The first-order chi connectivity index (χ1) is 17.0. The summed E-state index contributed by atoms with van der Waals surface area (Å²) in [6.07, 6.45) is 1.77. The Hall–Kier alpha value is -3.46. The number of hydrogen-bond acceptors (Lipinski definition) is 6. The van der Waals surface area contributed by atoms with Gasteiger partial charge in [0, 0.05) is 25.2 Å². The zero-order chi connectivity index (χ0) is 24.4. The van der Waals surface area contributed by atoms with E-state index in [-0.39, 0.29) is 17.6 Å². The number of aryl methyl sites for hydroxylation is 1. The molecule has 9 heteroatoms. The average Bonchev–Trinajstić information content (AvgIpc) is 3.45. The van der Waals surface area contributed by atoms with Gasteiger partial charge in [-0.25, -0.2) is 9.07 Å². The maximum absolute atomic E-state index is 13.4. The van der Waals surface area contributed by atoms with E-state index in [0.29, 0.717) is 19.7 Å². The number of nitrogens with zero attached hydrogens (tertiary/aromatic N) is 4. The van der Waals surface area contributed by atoms with E-state index in [4.69, 9.17) is 9.72 Å². The standard InChI is InChI=1S/C26H28FN5O2S/c1-3-34-22-9-5-4-7-18(22)15-28-25(33)19-8-6-14-31(16-19)26-29-24-23(35-26)17(2)30-32(24)21-12-10-20(27)11-13-21/h4-5,7,9-13,19H,3,6,8,14-16H2,1-2H3,(H,28,33)/t19-/m0/s1. The van der Waals surface area contributed by atoms with Gasteiger partial charge in [-0.15, -0.1) is 0 Å². The summed E-state index contributed by atoms with van der Waals surface area (Å²) >= 11 is 1.59. The van der Waals surface area contributed by atoms with Crippen molar-refractivity contribution in [3.8, 4) is 11.4 Å². The molecule has 3 heterocycles. The van der Waals surface area contributed by atoms with Crippen molar-refractivity contribution in [3.05, 3.63) is 65.6 Å². The third-order valence-electron chi connectivity index (χ3n) is 6.24. The van der Waals surface area contributed by atoms with Crippen LogP contribution in [0.5, 0.6) is 5.75 Å². The van der Waals surface area contributed by atoms with Gasteiger partial charge in [-0.05, 0) is 57.0 Å². The molecule has 0 aliphatic carbocycles. The molecule has 0 radical (unpaired) electrons. The number of thiazole rings is 1. The Labute approximate surface area is 207 Å². The van der Waals surface area contributed by atoms with Gasteiger partial charge in [0.25, 0.3) is 0 Å². The molecular formula is C26H28FN5O2S. The van der Waals surface area contributed by atoms with Crippen LogP contribution in [0.4, 0.5) is 9.52 Å². The fourth-order valence-corrected chi connectivity index (χ4v) is 5.48. The SMILES string of the molecule is CCOc1ccccc1CNC(=O)[C@H]1CCCN(c2nc3c(s2)c(C)nn3-c2ccc(F)cc2)C1. The van der Waals surface area contributed by atoms with Gasteiger partial charge in [-0.2, -0.15) is 10.1 Å². The minimum absolute atomic E-state index is 0.0516. The van der Waals surface area contributed by atoms with Crippen LogP contribution in [0, 0.1) is 18.7 Å². The first-order valence-corrected chi connectivity index (χ1v) is 12.7. The normalized spacial score (nSPS) is 16.0. The topological polar surface area (TPSA) is 72.3 Å². The fourth-order valence-electron chi connectivity index (χ4n) is 4.46. The van der Waals surface area contributed by atoms with Crippen molar-refractivity contribution >= 4 is 32.7 Å². The van der Waals surface area contributed by atoms with E-state index in [1.165, 1.54) is 12.1 Å². The molecule has 35 heavy (non-hydrogen) atoms. The fraction of sp³-hybridized carbons (Fsp3) is 0.346. The molecule has 1 aliphatic heterocycles. The number of fused-ring (bicyclic) bond motifs is 1. The number of ether oxygens (including phenoxy) is 1. The van der Waals surface area contributed by atoms with Crippen molar-refractivity contribution in [3.63, 3.8) is 0 Å². The highest BCUT2D eigenvalue weighted by molar-refractivity contribution is 7.22. The number of rotatable bonds is 7. The first kappa shape index (κ1) is 23.3. The third-order valence-corrected chi connectivity index (χ3v) is 7.45. The number of carbonyl (C=O) groups is 1. The van der Waals surface area contributed by atoms with Crippen molar-refractivity contribution in [2.45, 2.75) is 33.2 Å². The second-order valence-corrected chi connectivity index (χ2v) is 9.64. The molecule has 1 amide bonds.